The fourth-order valence-corrected chi connectivity index (χ4v) is 5.24. The van der Waals surface area contributed by atoms with E-state index >= 15 is 0 Å². The summed E-state index contributed by atoms with van der Waals surface area (Å²) < 4.78 is 16.3. The molecule has 0 saturated carbocycles. The smallest absolute Gasteiger partial charge is 0.238 e. The number of amides is 1. The summed E-state index contributed by atoms with van der Waals surface area (Å²) in [5.74, 6) is 2.65. The third-order valence-corrected chi connectivity index (χ3v) is 7.19. The average Bonchev–Trinajstić information content (AvgIpc) is 3.32. The van der Waals surface area contributed by atoms with E-state index in [1.807, 2.05) is 12.1 Å². The molecule has 0 spiro atoms. The Labute approximate surface area is 198 Å². The molecule has 0 bridgehead atoms. The van der Waals surface area contributed by atoms with Crippen molar-refractivity contribution in [3.05, 3.63) is 17.7 Å². The minimum atomic E-state index is -0.188. The Bertz CT molecular complexity index is 661. The Morgan fingerprint density at radius 3 is 2.03 bits per heavy atom. The molecule has 1 heterocycles. The first-order valence-electron chi connectivity index (χ1n) is 12.1. The molecule has 0 aliphatic carbocycles. The van der Waals surface area contributed by atoms with Gasteiger partial charge in [0, 0.05) is 12.3 Å². The van der Waals surface area contributed by atoms with Gasteiger partial charge in [-0.1, -0.05) is 64.7 Å². The fourth-order valence-electron chi connectivity index (χ4n) is 4.02. The largest absolute Gasteiger partial charge is 0.493 e. The van der Waals surface area contributed by atoms with Gasteiger partial charge in [0.05, 0.1) is 32.7 Å². The van der Waals surface area contributed by atoms with E-state index in [0.717, 1.165) is 24.3 Å². The third-order valence-electron chi connectivity index (χ3n) is 5.92. The van der Waals surface area contributed by atoms with Crippen LogP contribution in [0.5, 0.6) is 17.2 Å². The highest BCUT2D eigenvalue weighted by atomic mass is 32.2. The van der Waals surface area contributed by atoms with Gasteiger partial charge in [-0.15, -0.1) is 11.8 Å². The van der Waals surface area contributed by atoms with Gasteiger partial charge in [0.15, 0.2) is 11.5 Å². The average molecular weight is 467 g/mol. The summed E-state index contributed by atoms with van der Waals surface area (Å²) >= 11 is 1.72. The standard InChI is InChI=1S/C25H42N2O4S/c1-5-6-7-8-9-10-11-12-13-14-15-26-24(28)20-18-32-25(27-20)19-16-21(29-2)23(31-4)22(17-19)30-3/h16-17,20,25,27H,5-15,18H2,1-4H3,(H,26,28). The second-order valence-electron chi connectivity index (χ2n) is 8.36. The number of ether oxygens (including phenoxy) is 3. The van der Waals surface area contributed by atoms with Crippen molar-refractivity contribution in [3.63, 3.8) is 0 Å². The molecule has 7 heteroatoms. The van der Waals surface area contributed by atoms with Crippen LogP contribution in [0, 0.1) is 0 Å². The van der Waals surface area contributed by atoms with E-state index in [-0.39, 0.29) is 17.3 Å². The molecule has 1 aliphatic heterocycles. The van der Waals surface area contributed by atoms with Crippen molar-refractivity contribution in [2.75, 3.05) is 33.6 Å². The zero-order chi connectivity index (χ0) is 23.2. The van der Waals surface area contributed by atoms with Crippen LogP contribution in [0.4, 0.5) is 0 Å². The zero-order valence-corrected chi connectivity index (χ0v) is 21.2. The summed E-state index contributed by atoms with van der Waals surface area (Å²) in [4.78, 5) is 12.6. The molecule has 0 radical (unpaired) electrons. The van der Waals surface area contributed by atoms with Crippen LogP contribution in [0.15, 0.2) is 12.1 Å². The highest BCUT2D eigenvalue weighted by Crippen LogP contribution is 2.43. The minimum absolute atomic E-state index is 0.0109. The molecule has 0 aromatic heterocycles. The van der Waals surface area contributed by atoms with E-state index in [0.29, 0.717) is 17.2 Å². The molecule has 2 N–H and O–H groups in total. The van der Waals surface area contributed by atoms with Crippen LogP contribution in [0.25, 0.3) is 0 Å². The van der Waals surface area contributed by atoms with Gasteiger partial charge in [-0.05, 0) is 24.1 Å². The number of nitrogens with one attached hydrogen (secondary N) is 2. The molecule has 1 amide bonds. The van der Waals surface area contributed by atoms with Crippen LogP contribution >= 0.6 is 11.8 Å². The van der Waals surface area contributed by atoms with Gasteiger partial charge in [-0.2, -0.15) is 0 Å². The molecule has 1 saturated heterocycles. The fraction of sp³-hybridized carbons (Fsp3) is 0.720. The lowest BCUT2D eigenvalue weighted by Gasteiger charge is -2.18. The summed E-state index contributed by atoms with van der Waals surface area (Å²) in [5.41, 5.74) is 1.01. The van der Waals surface area contributed by atoms with Crippen molar-refractivity contribution in [1.82, 2.24) is 10.6 Å². The Kier molecular flexibility index (Phi) is 12.7. The summed E-state index contributed by atoms with van der Waals surface area (Å²) in [6, 6.07) is 3.69. The van der Waals surface area contributed by atoms with Crippen molar-refractivity contribution in [3.8, 4) is 17.2 Å². The molecule has 2 unspecified atom stereocenters. The first-order chi connectivity index (χ1) is 15.6. The Morgan fingerprint density at radius 2 is 1.50 bits per heavy atom. The molecular formula is C25H42N2O4S. The number of hydrogen-bond donors (Lipinski definition) is 2. The Hall–Kier alpha value is -1.60. The number of unbranched alkanes of at least 4 members (excludes halogenated alkanes) is 9. The Morgan fingerprint density at radius 1 is 0.938 bits per heavy atom. The monoisotopic (exact) mass is 466 g/mol. The lowest BCUT2D eigenvalue weighted by Crippen LogP contribution is -2.42. The van der Waals surface area contributed by atoms with Gasteiger partial charge in [0.25, 0.3) is 0 Å². The number of hydrogen-bond acceptors (Lipinski definition) is 6. The third kappa shape index (κ3) is 8.39. The van der Waals surface area contributed by atoms with E-state index in [1.165, 1.54) is 57.8 Å². The van der Waals surface area contributed by atoms with Crippen LogP contribution in [0.3, 0.4) is 0 Å². The lowest BCUT2D eigenvalue weighted by molar-refractivity contribution is -0.122. The second-order valence-corrected chi connectivity index (χ2v) is 9.50. The predicted molar refractivity (Wildman–Crippen MR) is 133 cm³/mol. The van der Waals surface area contributed by atoms with Crippen molar-refractivity contribution in [2.45, 2.75) is 82.5 Å². The molecule has 6 nitrogen and oxygen atoms in total. The summed E-state index contributed by atoms with van der Waals surface area (Å²) in [6.45, 7) is 3.02. The van der Waals surface area contributed by atoms with E-state index in [1.54, 1.807) is 33.1 Å². The molecule has 1 fully saturated rings. The quantitative estimate of drug-likeness (QED) is 0.316. The predicted octanol–water partition coefficient (Wildman–Crippen LogP) is 5.45. The number of rotatable bonds is 16. The maximum absolute atomic E-state index is 12.6. The number of methoxy groups -OCH3 is 3. The van der Waals surface area contributed by atoms with Gasteiger partial charge in [-0.25, -0.2) is 0 Å². The molecule has 1 aromatic rings. The normalized spacial score (nSPS) is 17.9. The molecule has 1 aromatic carbocycles. The van der Waals surface area contributed by atoms with Crippen LogP contribution < -0.4 is 24.8 Å². The summed E-state index contributed by atoms with van der Waals surface area (Å²) in [6.07, 6.45) is 13.0. The maximum Gasteiger partial charge on any atom is 0.238 e. The van der Waals surface area contributed by atoms with Gasteiger partial charge < -0.3 is 19.5 Å². The topological polar surface area (TPSA) is 68.8 Å². The Balaban J connectivity index is 1.67. The SMILES string of the molecule is CCCCCCCCCCCCNC(=O)C1CSC(c2cc(OC)c(OC)c(OC)c2)N1. The molecule has 32 heavy (non-hydrogen) atoms. The van der Waals surface area contributed by atoms with Crippen molar-refractivity contribution in [2.24, 2.45) is 0 Å². The highest BCUT2D eigenvalue weighted by Gasteiger charge is 2.31. The highest BCUT2D eigenvalue weighted by molar-refractivity contribution is 7.99. The van der Waals surface area contributed by atoms with Gasteiger partial charge in [0.1, 0.15) is 0 Å². The summed E-state index contributed by atoms with van der Waals surface area (Å²) in [5, 5.41) is 6.55. The van der Waals surface area contributed by atoms with Crippen LogP contribution in [0.2, 0.25) is 0 Å². The van der Waals surface area contributed by atoms with Crippen molar-refractivity contribution in [1.29, 1.82) is 0 Å². The molecule has 2 rings (SSSR count). The maximum atomic E-state index is 12.6. The zero-order valence-electron chi connectivity index (χ0n) is 20.3. The van der Waals surface area contributed by atoms with E-state index in [4.69, 9.17) is 14.2 Å². The van der Waals surface area contributed by atoms with E-state index in [9.17, 15) is 4.79 Å². The van der Waals surface area contributed by atoms with Crippen LogP contribution in [-0.2, 0) is 4.79 Å². The molecular weight excluding hydrogens is 424 g/mol. The lowest BCUT2D eigenvalue weighted by atomic mass is 10.1. The van der Waals surface area contributed by atoms with Crippen molar-refractivity contribution >= 4 is 17.7 Å². The first-order valence-corrected chi connectivity index (χ1v) is 13.1. The number of carbonyl (C=O) groups is 1. The van der Waals surface area contributed by atoms with Gasteiger partial charge in [-0.3, -0.25) is 10.1 Å². The molecule has 2 atom stereocenters. The van der Waals surface area contributed by atoms with E-state index < -0.39 is 0 Å². The number of benzene rings is 1. The molecule has 182 valence electrons. The number of thioether (sulfide) groups is 1. The van der Waals surface area contributed by atoms with Crippen molar-refractivity contribution < 1.29 is 19.0 Å². The first kappa shape index (κ1) is 26.7. The minimum Gasteiger partial charge on any atom is -0.493 e. The van der Waals surface area contributed by atoms with Gasteiger partial charge >= 0.3 is 0 Å². The van der Waals surface area contributed by atoms with Crippen LogP contribution in [0.1, 0.15) is 82.1 Å². The second kappa shape index (κ2) is 15.3. The van der Waals surface area contributed by atoms with Gasteiger partial charge in [0.2, 0.25) is 11.7 Å². The van der Waals surface area contributed by atoms with E-state index in [2.05, 4.69) is 17.6 Å². The summed E-state index contributed by atoms with van der Waals surface area (Å²) in [7, 11) is 4.82. The van der Waals surface area contributed by atoms with Crippen LogP contribution in [-0.4, -0.2) is 45.6 Å². The number of carbonyl (C=O) groups excluding carboxylic acids is 1. The molecule has 1 aliphatic rings.